The summed E-state index contributed by atoms with van der Waals surface area (Å²) < 4.78 is 1.78. The number of para-hydroxylation sites is 1. The molecular weight excluding hydrogens is 448 g/mol. The monoisotopic (exact) mass is 482 g/mol. The van der Waals surface area contributed by atoms with Crippen molar-refractivity contribution >= 4 is 28.4 Å². The van der Waals surface area contributed by atoms with Crippen molar-refractivity contribution in [2.24, 2.45) is 0 Å². The number of hydrogen-bond acceptors (Lipinski definition) is 3. The zero-order valence-electron chi connectivity index (χ0n) is 21.7. The van der Waals surface area contributed by atoms with Crippen LogP contribution in [-0.2, 0) is 10.2 Å². The third-order valence-corrected chi connectivity index (χ3v) is 6.20. The van der Waals surface area contributed by atoms with Crippen LogP contribution in [0, 0.1) is 6.92 Å². The molecular formula is C30H34N4O2. The van der Waals surface area contributed by atoms with Gasteiger partial charge in [0.25, 0.3) is 5.91 Å². The molecule has 1 heterocycles. The Morgan fingerprint density at radius 2 is 1.64 bits per heavy atom. The molecule has 4 rings (SSSR count). The molecule has 0 fully saturated rings. The molecule has 0 saturated heterocycles. The molecule has 0 unspecified atom stereocenters. The molecule has 2 amide bonds. The van der Waals surface area contributed by atoms with E-state index in [1.807, 2.05) is 86.6 Å². The van der Waals surface area contributed by atoms with Gasteiger partial charge in [-0.3, -0.25) is 9.59 Å². The molecule has 0 bridgehead atoms. The summed E-state index contributed by atoms with van der Waals surface area (Å²) in [5, 5.41) is 9.91. The Labute approximate surface area is 212 Å². The van der Waals surface area contributed by atoms with E-state index in [1.165, 1.54) is 0 Å². The van der Waals surface area contributed by atoms with Gasteiger partial charge in [0, 0.05) is 23.6 Å². The third-order valence-electron chi connectivity index (χ3n) is 6.20. The fraction of sp³-hybridized carbons (Fsp3) is 0.300. The predicted octanol–water partition coefficient (Wildman–Crippen LogP) is 6.12. The Kier molecular flexibility index (Phi) is 7.25. The van der Waals surface area contributed by atoms with Crippen LogP contribution in [0.15, 0.2) is 72.8 Å². The van der Waals surface area contributed by atoms with E-state index in [-0.39, 0.29) is 23.8 Å². The highest BCUT2D eigenvalue weighted by Crippen LogP contribution is 2.27. The summed E-state index contributed by atoms with van der Waals surface area (Å²) in [6, 6.07) is 23.5. The first-order chi connectivity index (χ1) is 17.2. The molecule has 0 aliphatic carbocycles. The Balaban J connectivity index is 1.59. The number of aromatic nitrogens is 2. The van der Waals surface area contributed by atoms with Crippen LogP contribution >= 0.6 is 0 Å². The number of nitrogens with one attached hydrogen (secondary N) is 1. The summed E-state index contributed by atoms with van der Waals surface area (Å²) in [5.41, 5.74) is 3.22. The number of benzene rings is 3. The molecule has 4 aromatic rings. The van der Waals surface area contributed by atoms with Crippen molar-refractivity contribution in [1.29, 1.82) is 0 Å². The highest BCUT2D eigenvalue weighted by molar-refractivity contribution is 6.01. The normalized spacial score (nSPS) is 11.5. The second kappa shape index (κ2) is 10.4. The Morgan fingerprint density at radius 3 is 2.33 bits per heavy atom. The second-order valence-corrected chi connectivity index (χ2v) is 10.2. The first-order valence-corrected chi connectivity index (χ1v) is 12.4. The lowest BCUT2D eigenvalue weighted by atomic mass is 9.92. The van der Waals surface area contributed by atoms with Gasteiger partial charge in [-0.1, -0.05) is 76.2 Å². The first-order valence-electron chi connectivity index (χ1n) is 12.4. The average Bonchev–Trinajstić information content (AvgIpc) is 3.27. The molecule has 0 saturated carbocycles. The van der Waals surface area contributed by atoms with E-state index >= 15 is 0 Å². The summed E-state index contributed by atoms with van der Waals surface area (Å²) in [6.45, 7) is 10.7. The van der Waals surface area contributed by atoms with Crippen molar-refractivity contribution in [1.82, 2.24) is 14.7 Å². The minimum absolute atomic E-state index is 0.0384. The number of rotatable bonds is 7. The summed E-state index contributed by atoms with van der Waals surface area (Å²) in [4.78, 5) is 28.2. The maximum absolute atomic E-state index is 13.4. The number of fused-ring (bicyclic) bond motifs is 1. The lowest BCUT2D eigenvalue weighted by Crippen LogP contribution is -2.38. The topological polar surface area (TPSA) is 67.2 Å². The smallest absolute Gasteiger partial charge is 0.254 e. The average molecular weight is 483 g/mol. The molecule has 1 N–H and O–H groups in total. The SMILES string of the molecule is CCCN(CC(=O)Nc1cc(C(C)(C)C)nn1-c1ccccc1C)C(=O)c1ccc2ccccc2c1. The van der Waals surface area contributed by atoms with Crippen molar-refractivity contribution < 1.29 is 9.59 Å². The zero-order valence-corrected chi connectivity index (χ0v) is 21.7. The predicted molar refractivity (Wildman–Crippen MR) is 146 cm³/mol. The van der Waals surface area contributed by atoms with E-state index in [4.69, 9.17) is 5.10 Å². The minimum Gasteiger partial charge on any atom is -0.329 e. The Morgan fingerprint density at radius 1 is 0.944 bits per heavy atom. The quantitative estimate of drug-likeness (QED) is 0.345. The summed E-state index contributed by atoms with van der Waals surface area (Å²) in [7, 11) is 0. The van der Waals surface area contributed by atoms with Crippen LogP contribution in [0.2, 0.25) is 0 Å². The van der Waals surface area contributed by atoms with Gasteiger partial charge in [0.05, 0.1) is 11.4 Å². The van der Waals surface area contributed by atoms with Crippen molar-refractivity contribution in [3.63, 3.8) is 0 Å². The largest absolute Gasteiger partial charge is 0.329 e. The van der Waals surface area contributed by atoms with E-state index in [0.717, 1.165) is 34.1 Å². The van der Waals surface area contributed by atoms with Gasteiger partial charge in [0.1, 0.15) is 12.4 Å². The first kappa shape index (κ1) is 25.2. The molecule has 186 valence electrons. The fourth-order valence-corrected chi connectivity index (χ4v) is 4.20. The van der Waals surface area contributed by atoms with Gasteiger partial charge in [0.2, 0.25) is 5.91 Å². The second-order valence-electron chi connectivity index (χ2n) is 10.2. The lowest BCUT2D eigenvalue weighted by molar-refractivity contribution is -0.116. The van der Waals surface area contributed by atoms with E-state index in [1.54, 1.807) is 9.58 Å². The van der Waals surface area contributed by atoms with Gasteiger partial charge < -0.3 is 10.2 Å². The molecule has 0 aliphatic heterocycles. The maximum Gasteiger partial charge on any atom is 0.254 e. The van der Waals surface area contributed by atoms with Crippen molar-refractivity contribution in [2.45, 2.75) is 46.5 Å². The number of hydrogen-bond donors (Lipinski definition) is 1. The van der Waals surface area contributed by atoms with Crippen LogP contribution in [0.25, 0.3) is 16.5 Å². The molecule has 0 radical (unpaired) electrons. The lowest BCUT2D eigenvalue weighted by Gasteiger charge is -2.22. The molecule has 0 atom stereocenters. The van der Waals surface area contributed by atoms with E-state index in [9.17, 15) is 9.59 Å². The van der Waals surface area contributed by atoms with Crippen molar-refractivity contribution in [3.05, 3.63) is 89.6 Å². The number of amides is 2. The van der Waals surface area contributed by atoms with Gasteiger partial charge in [0.15, 0.2) is 0 Å². The Hall–Kier alpha value is -3.93. The molecule has 0 aliphatic rings. The van der Waals surface area contributed by atoms with Crippen molar-refractivity contribution in [2.75, 3.05) is 18.4 Å². The third kappa shape index (κ3) is 5.48. The van der Waals surface area contributed by atoms with Crippen LogP contribution in [0.1, 0.15) is 55.7 Å². The van der Waals surface area contributed by atoms with E-state index in [2.05, 4.69) is 26.1 Å². The van der Waals surface area contributed by atoms with E-state index in [0.29, 0.717) is 17.9 Å². The number of carbonyl (C=O) groups is 2. The molecule has 6 heteroatoms. The molecule has 3 aromatic carbocycles. The number of aryl methyl sites for hydroxylation is 1. The molecule has 36 heavy (non-hydrogen) atoms. The van der Waals surface area contributed by atoms with Crippen LogP contribution in [0.3, 0.4) is 0 Å². The minimum atomic E-state index is -0.257. The zero-order chi connectivity index (χ0) is 25.9. The molecule has 6 nitrogen and oxygen atoms in total. The number of anilines is 1. The van der Waals surface area contributed by atoms with Crippen LogP contribution < -0.4 is 5.32 Å². The highest BCUT2D eigenvalue weighted by atomic mass is 16.2. The summed E-state index contributed by atoms with van der Waals surface area (Å²) in [5.74, 6) is 0.183. The van der Waals surface area contributed by atoms with Crippen molar-refractivity contribution in [3.8, 4) is 5.69 Å². The standard InChI is InChI=1S/C30H34N4O2/c1-6-17-33(29(36)24-16-15-22-12-8-9-13-23(22)18-24)20-28(35)31-27-19-26(30(3,4)5)32-34(27)25-14-10-7-11-21(25)2/h7-16,18-19H,6,17,20H2,1-5H3,(H,31,35). The summed E-state index contributed by atoms with van der Waals surface area (Å²) >= 11 is 0. The molecule has 0 spiro atoms. The number of carbonyl (C=O) groups excluding carboxylic acids is 2. The van der Waals surface area contributed by atoms with Gasteiger partial charge in [-0.25, -0.2) is 4.68 Å². The van der Waals surface area contributed by atoms with Crippen LogP contribution in [0.5, 0.6) is 0 Å². The highest BCUT2D eigenvalue weighted by Gasteiger charge is 2.24. The molecule has 1 aromatic heterocycles. The van der Waals surface area contributed by atoms with Crippen LogP contribution in [0.4, 0.5) is 5.82 Å². The van der Waals surface area contributed by atoms with Gasteiger partial charge >= 0.3 is 0 Å². The van der Waals surface area contributed by atoms with Gasteiger partial charge in [-0.15, -0.1) is 0 Å². The van der Waals surface area contributed by atoms with Gasteiger partial charge in [-0.2, -0.15) is 5.10 Å². The maximum atomic E-state index is 13.4. The summed E-state index contributed by atoms with van der Waals surface area (Å²) in [6.07, 6.45) is 0.752. The fourth-order valence-electron chi connectivity index (χ4n) is 4.20. The van der Waals surface area contributed by atoms with E-state index < -0.39 is 0 Å². The number of nitrogens with zero attached hydrogens (tertiary/aromatic N) is 3. The Bertz CT molecular complexity index is 1400. The van der Waals surface area contributed by atoms with Crippen LogP contribution in [-0.4, -0.2) is 39.6 Å². The van der Waals surface area contributed by atoms with Gasteiger partial charge in [-0.05, 0) is 47.9 Å².